The fraction of sp³-hybridized carbons (Fsp3) is 0.531. The molecule has 0 spiro atoms. The molecule has 2 aliphatic carbocycles. The Morgan fingerprint density at radius 1 is 1.10 bits per heavy atom. The summed E-state index contributed by atoms with van der Waals surface area (Å²) in [7, 11) is -3.76. The molecular weight excluding hydrogens is 591 g/mol. The minimum Gasteiger partial charge on any atom is -0.345 e. The van der Waals surface area contributed by atoms with Crippen LogP contribution in [-0.2, 0) is 23.8 Å². The average molecular weight is 633 g/mol. The number of thiocarbonyl (C=S) groups is 1. The van der Waals surface area contributed by atoms with Crippen molar-refractivity contribution >= 4 is 48.2 Å². The minimum atomic E-state index is -3.76. The molecule has 7 nitrogen and oxygen atoms in total. The molecule has 1 saturated carbocycles. The van der Waals surface area contributed by atoms with Crippen LogP contribution in [0.15, 0.2) is 42.5 Å². The van der Waals surface area contributed by atoms with Gasteiger partial charge in [0.1, 0.15) is 0 Å². The number of benzene rings is 2. The van der Waals surface area contributed by atoms with Gasteiger partial charge in [-0.2, -0.15) is 0 Å². The summed E-state index contributed by atoms with van der Waals surface area (Å²) in [5, 5.41) is 6.37. The monoisotopic (exact) mass is 632 g/mol. The van der Waals surface area contributed by atoms with Crippen molar-refractivity contribution in [2.24, 2.45) is 11.3 Å². The summed E-state index contributed by atoms with van der Waals surface area (Å²) in [5.41, 5.74) is 2.33. The predicted octanol–water partition coefficient (Wildman–Crippen LogP) is 8.07. The summed E-state index contributed by atoms with van der Waals surface area (Å²) in [6.45, 7) is 12.1. The molecule has 2 N–H and O–H groups in total. The molecule has 228 valence electrons. The van der Waals surface area contributed by atoms with Crippen LogP contribution in [0.4, 0.5) is 0 Å². The Balaban J connectivity index is 1.62. The maximum absolute atomic E-state index is 14.1. The molecule has 1 unspecified atom stereocenters. The van der Waals surface area contributed by atoms with Crippen LogP contribution in [0.2, 0.25) is 5.02 Å². The number of carbonyl (C=O) groups excluding carboxylic acids is 2. The first-order valence-corrected chi connectivity index (χ1v) is 17.1. The highest BCUT2D eigenvalue weighted by Gasteiger charge is 2.57. The Bertz CT molecular complexity index is 1410. The minimum absolute atomic E-state index is 0.00206. The topological polar surface area (TPSA) is 93.7 Å². The zero-order valence-electron chi connectivity index (χ0n) is 25.3. The number of rotatable bonds is 9. The highest BCUT2D eigenvalue weighted by molar-refractivity contribution is 7.80. The third-order valence-corrected chi connectivity index (χ3v) is 11.8. The summed E-state index contributed by atoms with van der Waals surface area (Å²) in [4.78, 5) is 27.6. The Kier molecular flexibility index (Phi) is 10.1. The molecule has 4 atom stereocenters. The highest BCUT2D eigenvalue weighted by Crippen LogP contribution is 2.60. The molecule has 2 aromatic carbocycles. The van der Waals surface area contributed by atoms with Crippen molar-refractivity contribution < 1.29 is 23.2 Å². The summed E-state index contributed by atoms with van der Waals surface area (Å²) in [6, 6.07) is 13.1. The van der Waals surface area contributed by atoms with Crippen LogP contribution in [0, 0.1) is 11.3 Å². The number of Topliss-reactive ketones (excluding diaryl/α,β-unsaturated/α-hetero) is 1. The molecule has 0 bridgehead atoms. The van der Waals surface area contributed by atoms with Crippen LogP contribution >= 0.6 is 31.4 Å². The zero-order valence-corrected chi connectivity index (χ0v) is 27.8. The van der Waals surface area contributed by atoms with E-state index < -0.39 is 18.8 Å². The number of ketones is 1. The molecule has 0 heterocycles. The quantitative estimate of drug-likeness (QED) is 0.213. The first kappa shape index (κ1) is 32.8. The second-order valence-corrected chi connectivity index (χ2v) is 15.0. The molecule has 2 aromatic rings. The van der Waals surface area contributed by atoms with Gasteiger partial charge in [0.05, 0.1) is 18.6 Å². The predicted molar refractivity (Wildman–Crippen MR) is 171 cm³/mol. The van der Waals surface area contributed by atoms with E-state index in [4.69, 9.17) is 32.9 Å². The summed E-state index contributed by atoms with van der Waals surface area (Å²) in [6.07, 6.45) is 2.66. The van der Waals surface area contributed by atoms with Gasteiger partial charge in [0.25, 0.3) is 0 Å². The zero-order chi connectivity index (χ0) is 30.9. The molecule has 10 heteroatoms. The third kappa shape index (κ3) is 6.25. The van der Waals surface area contributed by atoms with Gasteiger partial charge in [-0.3, -0.25) is 14.2 Å². The van der Waals surface area contributed by atoms with Crippen LogP contribution in [0.3, 0.4) is 0 Å². The second kappa shape index (κ2) is 12.9. The van der Waals surface area contributed by atoms with Crippen molar-refractivity contribution in [1.29, 1.82) is 0 Å². The van der Waals surface area contributed by atoms with Gasteiger partial charge in [0.15, 0.2) is 16.7 Å². The SMILES string of the molecule is CCOP(=O)(OCC)C(NC(=S)NC(=O)[C@]1(C)CCC[C@]2(C)c3ccc(C(C)C)cc3C(=O)C[C@@H]12)c1cccc(Cl)c1. The van der Waals surface area contributed by atoms with E-state index in [1.807, 2.05) is 13.0 Å². The number of nitrogens with one attached hydrogen (secondary N) is 2. The molecular formula is C32H42ClN2O5PS. The smallest absolute Gasteiger partial charge is 0.345 e. The van der Waals surface area contributed by atoms with E-state index >= 15 is 0 Å². The molecule has 0 aliphatic heterocycles. The highest BCUT2D eigenvalue weighted by atomic mass is 35.5. The van der Waals surface area contributed by atoms with Gasteiger partial charge in [0, 0.05) is 17.0 Å². The molecule has 0 radical (unpaired) electrons. The van der Waals surface area contributed by atoms with E-state index in [9.17, 15) is 14.2 Å². The summed E-state index contributed by atoms with van der Waals surface area (Å²) >= 11 is 11.9. The van der Waals surface area contributed by atoms with Crippen LogP contribution in [0.5, 0.6) is 0 Å². The van der Waals surface area contributed by atoms with Gasteiger partial charge in [-0.25, -0.2) is 0 Å². The molecule has 42 heavy (non-hydrogen) atoms. The van der Waals surface area contributed by atoms with Crippen LogP contribution in [0.1, 0.15) is 106 Å². The van der Waals surface area contributed by atoms with Gasteiger partial charge < -0.3 is 19.7 Å². The van der Waals surface area contributed by atoms with Crippen LogP contribution < -0.4 is 10.6 Å². The molecule has 4 rings (SSSR count). The normalized spacial score (nSPS) is 24.5. The Labute approximate surface area is 260 Å². The Morgan fingerprint density at radius 2 is 1.79 bits per heavy atom. The van der Waals surface area contributed by atoms with Gasteiger partial charge in [-0.05, 0) is 91.0 Å². The van der Waals surface area contributed by atoms with E-state index in [-0.39, 0.29) is 41.3 Å². The number of hydrogen-bond acceptors (Lipinski definition) is 6. The molecule has 0 aromatic heterocycles. The largest absolute Gasteiger partial charge is 0.357 e. The van der Waals surface area contributed by atoms with Crippen LogP contribution in [0.25, 0.3) is 0 Å². The molecule has 2 aliphatic rings. The molecule has 1 fully saturated rings. The lowest BCUT2D eigenvalue weighted by atomic mass is 9.49. The van der Waals surface area contributed by atoms with Crippen molar-refractivity contribution in [3.05, 3.63) is 69.7 Å². The van der Waals surface area contributed by atoms with Gasteiger partial charge in [-0.15, -0.1) is 0 Å². The van der Waals surface area contributed by atoms with Crippen molar-refractivity contribution in [1.82, 2.24) is 10.6 Å². The second-order valence-electron chi connectivity index (χ2n) is 12.1. The number of hydrogen-bond donors (Lipinski definition) is 2. The molecule has 0 saturated heterocycles. The first-order valence-electron chi connectivity index (χ1n) is 14.7. The standard InChI is InChI=1S/C32H42ClN2O5PS/c1-7-39-41(38,40-8-2)28(22-11-9-12-23(33)17-22)34-30(42)35-29(37)32(6)16-10-15-31(5)25-14-13-21(20(3)4)18-24(25)26(36)19-27(31)32/h9,11-14,17-18,20,27-28H,7-8,10,15-16,19H2,1-6H3,(H2,34,35,37,42)/t27-,28?,31-,32-/m1/s1. The van der Waals surface area contributed by atoms with Crippen molar-refractivity contribution in [3.63, 3.8) is 0 Å². The van der Waals surface area contributed by atoms with Gasteiger partial charge in [0.2, 0.25) is 5.91 Å². The number of amides is 1. The summed E-state index contributed by atoms with van der Waals surface area (Å²) in [5.74, 6) is -1.06. The van der Waals surface area contributed by atoms with E-state index in [1.54, 1.807) is 38.1 Å². The van der Waals surface area contributed by atoms with E-state index in [1.165, 1.54) is 0 Å². The fourth-order valence-corrected chi connectivity index (χ4v) is 9.24. The van der Waals surface area contributed by atoms with Crippen molar-refractivity contribution in [3.8, 4) is 0 Å². The first-order chi connectivity index (χ1) is 19.8. The molecule has 1 amide bonds. The van der Waals surface area contributed by atoms with Crippen molar-refractivity contribution in [2.75, 3.05) is 13.2 Å². The number of fused-ring (bicyclic) bond motifs is 3. The van der Waals surface area contributed by atoms with E-state index in [2.05, 4.69) is 43.5 Å². The van der Waals surface area contributed by atoms with E-state index in [0.29, 0.717) is 29.3 Å². The summed E-state index contributed by atoms with van der Waals surface area (Å²) < 4.78 is 25.2. The maximum Gasteiger partial charge on any atom is 0.357 e. The van der Waals surface area contributed by atoms with Crippen molar-refractivity contribution in [2.45, 2.75) is 84.3 Å². The number of carbonyl (C=O) groups is 2. The Hall–Kier alpha value is -2.09. The lowest BCUT2D eigenvalue weighted by Crippen LogP contribution is -2.57. The fourth-order valence-electron chi connectivity index (χ4n) is 6.84. The lowest BCUT2D eigenvalue weighted by Gasteiger charge is -2.54. The maximum atomic E-state index is 14.1. The lowest BCUT2D eigenvalue weighted by molar-refractivity contribution is -0.136. The van der Waals surface area contributed by atoms with E-state index in [0.717, 1.165) is 29.5 Å². The van der Waals surface area contributed by atoms with Gasteiger partial charge in [-0.1, -0.05) is 70.0 Å². The van der Waals surface area contributed by atoms with Gasteiger partial charge >= 0.3 is 7.60 Å². The third-order valence-electron chi connectivity index (χ3n) is 9.06. The Morgan fingerprint density at radius 3 is 2.40 bits per heavy atom. The average Bonchev–Trinajstić information content (AvgIpc) is 2.93. The number of halogens is 1. The van der Waals surface area contributed by atoms with Crippen LogP contribution in [-0.4, -0.2) is 30.0 Å².